The Bertz CT molecular complexity index is 479. The molecular weight excluding hydrogens is 202 g/mol. The number of carbonyl (C=O) groups excluding carboxylic acids is 2. The number of benzene rings is 1. The first kappa shape index (κ1) is 9.20. The number of carbonyl (C=O) groups is 3. The Labute approximate surface area is 83.5 Å². The summed E-state index contributed by atoms with van der Waals surface area (Å²) in [6.45, 7) is 0. The minimum absolute atomic E-state index is 0.00565. The highest BCUT2D eigenvalue weighted by molar-refractivity contribution is 6.51. The molecule has 6 nitrogen and oxygen atoms in total. The van der Waals surface area contributed by atoms with Crippen LogP contribution in [0.1, 0.15) is 10.4 Å². The second-order valence-electron chi connectivity index (χ2n) is 2.86. The normalized spacial score (nSPS) is 13.3. The van der Waals surface area contributed by atoms with Gasteiger partial charge in [-0.2, -0.15) is 0 Å². The Kier molecular flexibility index (Phi) is 1.89. The molecule has 0 aromatic heterocycles. The van der Waals surface area contributed by atoms with E-state index in [2.05, 4.69) is 10.1 Å². The molecule has 1 aliphatic rings. The monoisotopic (exact) mass is 207 g/mol. The topological polar surface area (TPSA) is 92.7 Å². The van der Waals surface area contributed by atoms with E-state index in [0.29, 0.717) is 5.69 Å². The molecule has 0 fully saturated rings. The number of amides is 1. The molecule has 0 spiro atoms. The maximum Gasteiger partial charge on any atom is 0.511 e. The first-order valence-electron chi connectivity index (χ1n) is 3.98. The van der Waals surface area contributed by atoms with Crippen LogP contribution in [0.15, 0.2) is 18.2 Å². The molecule has 0 radical (unpaired) electrons. The summed E-state index contributed by atoms with van der Waals surface area (Å²) in [5.41, 5.74) is 0.487. The van der Waals surface area contributed by atoms with Crippen LogP contribution < -0.4 is 10.1 Å². The summed E-state index contributed by atoms with van der Waals surface area (Å²) in [5, 5.41) is 10.7. The van der Waals surface area contributed by atoms with Gasteiger partial charge in [0.2, 0.25) is 0 Å². The summed E-state index contributed by atoms with van der Waals surface area (Å²) in [6, 6.07) is 3.98. The Morgan fingerprint density at radius 2 is 2.07 bits per heavy atom. The quantitative estimate of drug-likeness (QED) is 0.405. The van der Waals surface area contributed by atoms with E-state index in [1.54, 1.807) is 0 Å². The fourth-order valence-electron chi connectivity index (χ4n) is 1.29. The summed E-state index contributed by atoms with van der Waals surface area (Å²) in [6.07, 6.45) is -1.47. The van der Waals surface area contributed by atoms with Gasteiger partial charge in [0, 0.05) is 0 Å². The van der Waals surface area contributed by atoms with Crippen LogP contribution in [0.3, 0.4) is 0 Å². The van der Waals surface area contributed by atoms with Crippen LogP contribution in [0.4, 0.5) is 10.5 Å². The number of ether oxygens (including phenoxy) is 1. The number of ketones is 1. The Hall–Kier alpha value is -2.37. The highest BCUT2D eigenvalue weighted by atomic mass is 16.7. The van der Waals surface area contributed by atoms with Gasteiger partial charge in [-0.15, -0.1) is 0 Å². The van der Waals surface area contributed by atoms with E-state index >= 15 is 0 Å². The van der Waals surface area contributed by atoms with Crippen LogP contribution >= 0.6 is 0 Å². The maximum absolute atomic E-state index is 11.2. The molecule has 2 N–H and O–H groups in total. The molecule has 0 saturated carbocycles. The summed E-state index contributed by atoms with van der Waals surface area (Å²) in [5.74, 6) is -1.41. The lowest BCUT2D eigenvalue weighted by Crippen LogP contribution is -2.12. The van der Waals surface area contributed by atoms with E-state index in [1.165, 1.54) is 18.2 Å². The molecule has 76 valence electrons. The average molecular weight is 207 g/mol. The van der Waals surface area contributed by atoms with Crippen LogP contribution in [-0.2, 0) is 4.79 Å². The molecular formula is C9H5NO5. The molecule has 0 saturated heterocycles. The van der Waals surface area contributed by atoms with E-state index in [4.69, 9.17) is 5.11 Å². The van der Waals surface area contributed by atoms with Crippen molar-refractivity contribution >= 4 is 23.5 Å². The number of hydrogen-bond acceptors (Lipinski definition) is 4. The van der Waals surface area contributed by atoms with Gasteiger partial charge in [-0.05, 0) is 18.2 Å². The molecule has 0 unspecified atom stereocenters. The minimum Gasteiger partial charge on any atom is -0.449 e. The highest BCUT2D eigenvalue weighted by Crippen LogP contribution is 2.27. The molecule has 1 aliphatic heterocycles. The fourth-order valence-corrected chi connectivity index (χ4v) is 1.29. The first-order chi connectivity index (χ1) is 7.08. The van der Waals surface area contributed by atoms with Crippen molar-refractivity contribution < 1.29 is 24.2 Å². The van der Waals surface area contributed by atoms with Crippen molar-refractivity contribution in [1.29, 1.82) is 0 Å². The van der Waals surface area contributed by atoms with Gasteiger partial charge in [-0.3, -0.25) is 9.59 Å². The van der Waals surface area contributed by atoms with Crippen LogP contribution in [0, 0.1) is 0 Å². The van der Waals surface area contributed by atoms with Crippen LogP contribution in [-0.4, -0.2) is 23.0 Å². The Balaban J connectivity index is 2.39. The molecule has 2 rings (SSSR count). The largest absolute Gasteiger partial charge is 0.511 e. The van der Waals surface area contributed by atoms with Crippen molar-refractivity contribution in [2.24, 2.45) is 0 Å². The molecule has 1 amide bonds. The third kappa shape index (κ3) is 1.52. The van der Waals surface area contributed by atoms with E-state index in [-0.39, 0.29) is 11.3 Å². The zero-order valence-corrected chi connectivity index (χ0v) is 7.31. The lowest BCUT2D eigenvalue weighted by atomic mass is 10.1. The molecule has 1 aromatic rings. The van der Waals surface area contributed by atoms with E-state index in [1.807, 2.05) is 0 Å². The smallest absolute Gasteiger partial charge is 0.449 e. The van der Waals surface area contributed by atoms with Crippen LogP contribution in [0.2, 0.25) is 0 Å². The third-order valence-electron chi connectivity index (χ3n) is 1.90. The van der Waals surface area contributed by atoms with Gasteiger partial charge in [0.05, 0.1) is 11.3 Å². The van der Waals surface area contributed by atoms with Crippen molar-refractivity contribution in [3.63, 3.8) is 0 Å². The molecule has 1 aromatic carbocycles. The molecule has 0 bridgehead atoms. The number of fused-ring (bicyclic) bond motifs is 1. The van der Waals surface area contributed by atoms with Gasteiger partial charge in [0.25, 0.3) is 11.7 Å². The SMILES string of the molecule is O=C(O)Oc1ccc2c(c1)C(=O)C(=O)N2. The van der Waals surface area contributed by atoms with Gasteiger partial charge >= 0.3 is 6.16 Å². The van der Waals surface area contributed by atoms with Crippen molar-refractivity contribution in [2.75, 3.05) is 5.32 Å². The van der Waals surface area contributed by atoms with E-state index < -0.39 is 17.8 Å². The van der Waals surface area contributed by atoms with Gasteiger partial charge in [0.15, 0.2) is 0 Å². The summed E-state index contributed by atoms with van der Waals surface area (Å²) in [7, 11) is 0. The van der Waals surface area contributed by atoms with E-state index in [0.717, 1.165) is 0 Å². The van der Waals surface area contributed by atoms with Gasteiger partial charge < -0.3 is 15.2 Å². The molecule has 6 heteroatoms. The number of rotatable bonds is 1. The van der Waals surface area contributed by atoms with Crippen LogP contribution in [0.25, 0.3) is 0 Å². The molecule has 0 aliphatic carbocycles. The zero-order chi connectivity index (χ0) is 11.0. The number of carboxylic acid groups (broad SMARTS) is 1. The lowest BCUT2D eigenvalue weighted by Gasteiger charge is -2.01. The number of hydrogen-bond donors (Lipinski definition) is 2. The average Bonchev–Trinajstić information content (AvgIpc) is 2.43. The summed E-state index contributed by atoms with van der Waals surface area (Å²) >= 11 is 0. The number of anilines is 1. The Morgan fingerprint density at radius 3 is 2.73 bits per heavy atom. The summed E-state index contributed by atoms with van der Waals surface area (Å²) in [4.78, 5) is 32.4. The van der Waals surface area contributed by atoms with Crippen molar-refractivity contribution in [3.05, 3.63) is 23.8 Å². The van der Waals surface area contributed by atoms with Crippen molar-refractivity contribution in [1.82, 2.24) is 0 Å². The van der Waals surface area contributed by atoms with Gasteiger partial charge in [0.1, 0.15) is 5.75 Å². The molecule has 0 atom stereocenters. The van der Waals surface area contributed by atoms with E-state index in [9.17, 15) is 14.4 Å². The molecule has 15 heavy (non-hydrogen) atoms. The predicted molar refractivity (Wildman–Crippen MR) is 48.1 cm³/mol. The minimum atomic E-state index is -1.47. The fraction of sp³-hybridized carbons (Fsp3) is 0. The third-order valence-corrected chi connectivity index (χ3v) is 1.90. The highest BCUT2D eigenvalue weighted by Gasteiger charge is 2.28. The lowest BCUT2D eigenvalue weighted by molar-refractivity contribution is -0.112. The van der Waals surface area contributed by atoms with Crippen molar-refractivity contribution in [3.8, 4) is 5.75 Å². The number of nitrogens with one attached hydrogen (secondary N) is 1. The van der Waals surface area contributed by atoms with Gasteiger partial charge in [-0.25, -0.2) is 4.79 Å². The maximum atomic E-state index is 11.2. The first-order valence-corrected chi connectivity index (χ1v) is 3.98. The molecule has 1 heterocycles. The Morgan fingerprint density at radius 1 is 1.33 bits per heavy atom. The van der Waals surface area contributed by atoms with Crippen LogP contribution in [0.5, 0.6) is 5.75 Å². The summed E-state index contributed by atoms with van der Waals surface area (Å²) < 4.78 is 4.35. The van der Waals surface area contributed by atoms with Crippen molar-refractivity contribution in [2.45, 2.75) is 0 Å². The second-order valence-corrected chi connectivity index (χ2v) is 2.86. The number of Topliss-reactive ketones (excluding diaryl/α,β-unsaturated/α-hetero) is 1. The predicted octanol–water partition coefficient (Wildman–Crippen LogP) is 0.878. The van der Waals surface area contributed by atoms with Gasteiger partial charge in [-0.1, -0.05) is 0 Å². The zero-order valence-electron chi connectivity index (χ0n) is 7.31. The second kappa shape index (κ2) is 3.09. The standard InChI is InChI=1S/C9H5NO5/c11-7-5-3-4(15-9(13)14)1-2-6(5)10-8(7)12/h1-3H,(H,13,14)(H,10,11,12).